The van der Waals surface area contributed by atoms with Gasteiger partial charge in [-0.2, -0.15) is 10.1 Å². The van der Waals surface area contributed by atoms with Crippen LogP contribution in [0.2, 0.25) is 0 Å². The van der Waals surface area contributed by atoms with E-state index in [4.69, 9.17) is 0 Å². The molecule has 206 valence electrons. The van der Waals surface area contributed by atoms with Crippen molar-refractivity contribution < 1.29 is 19.4 Å². The number of rotatable bonds is 6. The molecule has 0 spiro atoms. The Balaban J connectivity index is 1.70. The van der Waals surface area contributed by atoms with Gasteiger partial charge < -0.3 is 19.4 Å². The summed E-state index contributed by atoms with van der Waals surface area (Å²) >= 11 is 0. The molecule has 36 heavy (non-hydrogen) atoms. The fourth-order valence-corrected chi connectivity index (χ4v) is 7.37. The van der Waals surface area contributed by atoms with Crippen LogP contribution < -0.4 is 0 Å². The van der Waals surface area contributed by atoms with E-state index < -0.39 is 0 Å². The largest absolute Gasteiger partial charge is 0.322 e. The van der Waals surface area contributed by atoms with E-state index in [-0.39, 0.29) is 22.2 Å². The van der Waals surface area contributed by atoms with Crippen molar-refractivity contribution in [1.29, 1.82) is 0 Å². The van der Waals surface area contributed by atoms with Crippen molar-refractivity contribution in [2.75, 3.05) is 28.2 Å². The van der Waals surface area contributed by atoms with E-state index in [9.17, 15) is 10.4 Å². The Kier molecular flexibility index (Phi) is 7.64. The molecule has 0 radical (unpaired) electrons. The first-order chi connectivity index (χ1) is 16.1. The maximum Gasteiger partial charge on any atom is 0.104 e. The summed E-state index contributed by atoms with van der Waals surface area (Å²) in [6.45, 7) is 19.2. The smallest absolute Gasteiger partial charge is 0.104 e. The molecule has 6 nitrogen and oxygen atoms in total. The minimum Gasteiger partial charge on any atom is -0.322 e. The summed E-state index contributed by atoms with van der Waals surface area (Å²) in [5, 5.41) is 24.6. The van der Waals surface area contributed by atoms with Crippen LogP contribution in [-0.2, 0) is 13.1 Å². The zero-order chi connectivity index (χ0) is 27.5. The fraction of sp³-hybridized carbons (Fsp3) is 0.800. The third-order valence-electron chi connectivity index (χ3n) is 9.41. The quantitative estimate of drug-likeness (QED) is 0.491. The second-order valence-corrected chi connectivity index (χ2v) is 15.7. The first kappa shape index (κ1) is 29.5. The van der Waals surface area contributed by atoms with E-state index in [2.05, 4.69) is 108 Å². The molecule has 2 N–H and O–H groups in total. The van der Waals surface area contributed by atoms with Gasteiger partial charge in [-0.15, -0.1) is 0 Å². The third-order valence-corrected chi connectivity index (χ3v) is 9.41. The summed E-state index contributed by atoms with van der Waals surface area (Å²) in [6, 6.07) is 10.2. The average molecular weight is 505 g/mol. The molecule has 2 fully saturated rings. The minimum atomic E-state index is -0.232. The lowest BCUT2D eigenvalue weighted by molar-refractivity contribution is -0.931. The Hall–Kier alpha value is -1.02. The molecule has 3 rings (SSSR count). The van der Waals surface area contributed by atoms with Crippen molar-refractivity contribution in [2.45, 2.75) is 128 Å². The Morgan fingerprint density at radius 3 is 1.03 bits per heavy atom. The molecule has 2 aliphatic heterocycles. The van der Waals surface area contributed by atoms with E-state index in [1.807, 2.05) is 0 Å². The zero-order valence-electron chi connectivity index (χ0n) is 25.4. The highest BCUT2D eigenvalue weighted by atomic mass is 16.5. The van der Waals surface area contributed by atoms with Gasteiger partial charge in [0, 0.05) is 59.0 Å². The number of benzene rings is 1. The second-order valence-electron chi connectivity index (χ2n) is 15.7. The van der Waals surface area contributed by atoms with Gasteiger partial charge >= 0.3 is 0 Å². The third kappa shape index (κ3) is 6.00. The van der Waals surface area contributed by atoms with Crippen molar-refractivity contribution in [3.05, 3.63) is 35.4 Å². The molecule has 0 unspecified atom stereocenters. The number of piperidine rings is 2. The number of hydrogen-bond donors (Lipinski definition) is 2. The van der Waals surface area contributed by atoms with Crippen LogP contribution >= 0.6 is 0 Å². The Morgan fingerprint density at radius 1 is 0.583 bits per heavy atom. The maximum atomic E-state index is 10.7. The lowest BCUT2D eigenvalue weighted by Gasteiger charge is -2.55. The Bertz CT molecular complexity index is 806. The molecule has 0 atom stereocenters. The van der Waals surface area contributed by atoms with Crippen molar-refractivity contribution in [2.24, 2.45) is 0 Å². The van der Waals surface area contributed by atoms with E-state index in [0.29, 0.717) is 12.1 Å². The van der Waals surface area contributed by atoms with Crippen LogP contribution in [0.3, 0.4) is 0 Å². The van der Waals surface area contributed by atoms with Crippen molar-refractivity contribution >= 4 is 0 Å². The van der Waals surface area contributed by atoms with Crippen molar-refractivity contribution in [1.82, 2.24) is 10.1 Å². The Labute approximate surface area is 221 Å². The van der Waals surface area contributed by atoms with Gasteiger partial charge in [-0.3, -0.25) is 0 Å². The SMILES string of the molecule is CC1(C)CC([N+](C)(C)Cc2ccc(C[N+](C)(C)C3CC(C)(C)N(O)C(C)(C)C3)cc2)CC(C)(C)N1O. The molecule has 0 aliphatic carbocycles. The van der Waals surface area contributed by atoms with Gasteiger partial charge in [-0.05, 0) is 55.4 Å². The summed E-state index contributed by atoms with van der Waals surface area (Å²) in [6.07, 6.45) is 3.90. The highest BCUT2D eigenvalue weighted by Gasteiger charge is 2.51. The van der Waals surface area contributed by atoms with Crippen LogP contribution in [0.4, 0.5) is 0 Å². The molecule has 2 aliphatic rings. The van der Waals surface area contributed by atoms with Gasteiger partial charge in [-0.1, -0.05) is 24.3 Å². The van der Waals surface area contributed by atoms with Gasteiger partial charge in [0.2, 0.25) is 0 Å². The van der Waals surface area contributed by atoms with Crippen LogP contribution in [-0.4, -0.2) is 91.9 Å². The fourth-order valence-electron chi connectivity index (χ4n) is 7.37. The standard InChI is InChI=1S/C30H56N4O2/c1-27(2)17-25(18-28(3,4)31(27)35)33(9,10)21-23-13-15-24(16-14-23)22-34(11,12)26-19-29(5,6)32(36)30(7,8)20-26/h13-16,25-26,35-36H,17-22H2,1-12H3/q+2. The zero-order valence-corrected chi connectivity index (χ0v) is 25.4. The lowest BCUT2D eigenvalue weighted by atomic mass is 9.77. The highest BCUT2D eigenvalue weighted by molar-refractivity contribution is 5.21. The summed E-state index contributed by atoms with van der Waals surface area (Å²) in [7, 11) is 9.37. The molecule has 0 amide bonds. The molecule has 1 aromatic carbocycles. The average Bonchev–Trinajstić information content (AvgIpc) is 2.70. The molecule has 6 heteroatoms. The molecule has 0 bridgehead atoms. The second kappa shape index (κ2) is 9.32. The Morgan fingerprint density at radius 2 is 0.806 bits per heavy atom. The first-order valence-corrected chi connectivity index (χ1v) is 13.8. The topological polar surface area (TPSA) is 46.9 Å². The predicted octanol–water partition coefficient (Wildman–Crippen LogP) is 5.66. The summed E-state index contributed by atoms with van der Waals surface area (Å²) in [5.41, 5.74) is 1.81. The van der Waals surface area contributed by atoms with Crippen molar-refractivity contribution in [3.8, 4) is 0 Å². The van der Waals surface area contributed by atoms with E-state index in [1.54, 1.807) is 10.1 Å². The number of quaternary nitrogens is 2. The van der Waals surface area contributed by atoms with Crippen LogP contribution in [0, 0.1) is 0 Å². The van der Waals surface area contributed by atoms with Crippen LogP contribution in [0.25, 0.3) is 0 Å². The van der Waals surface area contributed by atoms with Gasteiger partial charge in [0.1, 0.15) is 13.1 Å². The van der Waals surface area contributed by atoms with Crippen molar-refractivity contribution in [3.63, 3.8) is 0 Å². The number of nitrogens with zero attached hydrogens (tertiary/aromatic N) is 4. The number of hydroxylamine groups is 4. The van der Waals surface area contributed by atoms with Gasteiger partial charge in [0.05, 0.1) is 40.3 Å². The van der Waals surface area contributed by atoms with Gasteiger partial charge in [0.15, 0.2) is 0 Å². The predicted molar refractivity (Wildman–Crippen MR) is 148 cm³/mol. The van der Waals surface area contributed by atoms with Gasteiger partial charge in [-0.25, -0.2) is 0 Å². The summed E-state index contributed by atoms with van der Waals surface area (Å²) in [5.74, 6) is 0. The van der Waals surface area contributed by atoms with E-state index in [0.717, 1.165) is 47.7 Å². The molecule has 1 aromatic rings. The van der Waals surface area contributed by atoms with Crippen LogP contribution in [0.15, 0.2) is 24.3 Å². The summed E-state index contributed by atoms with van der Waals surface area (Å²) < 4.78 is 1.84. The lowest BCUT2D eigenvalue weighted by Crippen LogP contribution is -2.65. The monoisotopic (exact) mass is 504 g/mol. The molecule has 0 saturated carbocycles. The van der Waals surface area contributed by atoms with E-state index >= 15 is 0 Å². The molecular formula is C30H56N4O2+2. The summed E-state index contributed by atoms with van der Waals surface area (Å²) in [4.78, 5) is 0. The molecule has 2 saturated heterocycles. The van der Waals surface area contributed by atoms with Crippen LogP contribution in [0.1, 0.15) is 92.2 Å². The van der Waals surface area contributed by atoms with Crippen LogP contribution in [0.5, 0.6) is 0 Å². The first-order valence-electron chi connectivity index (χ1n) is 13.8. The molecular weight excluding hydrogens is 448 g/mol. The normalized spacial score (nSPS) is 25.7. The number of hydrogen-bond acceptors (Lipinski definition) is 4. The maximum absolute atomic E-state index is 10.7. The molecule has 0 aromatic heterocycles. The van der Waals surface area contributed by atoms with Gasteiger partial charge in [0.25, 0.3) is 0 Å². The highest BCUT2D eigenvalue weighted by Crippen LogP contribution is 2.42. The van der Waals surface area contributed by atoms with E-state index in [1.165, 1.54) is 11.1 Å². The molecule has 2 heterocycles. The minimum absolute atomic E-state index is 0.232.